The number of rotatable bonds is 9. The van der Waals surface area contributed by atoms with Gasteiger partial charge in [-0.2, -0.15) is 0 Å². The van der Waals surface area contributed by atoms with Crippen molar-refractivity contribution in [3.8, 4) is 39.9 Å². The van der Waals surface area contributed by atoms with Gasteiger partial charge < -0.3 is 44.6 Å². The molecule has 0 unspecified atom stereocenters. The predicted molar refractivity (Wildman–Crippen MR) is 203 cm³/mol. The van der Waals surface area contributed by atoms with E-state index in [1.165, 1.54) is 5.56 Å². The summed E-state index contributed by atoms with van der Waals surface area (Å²) in [5, 5.41) is 39.9. The first-order chi connectivity index (χ1) is 25.9. The summed E-state index contributed by atoms with van der Waals surface area (Å²) in [6, 6.07) is 17.9. The topological polar surface area (TPSA) is 137 Å². The van der Waals surface area contributed by atoms with E-state index in [0.29, 0.717) is 44.7 Å². The largest absolute Gasteiger partial charge is 0.507 e. The summed E-state index contributed by atoms with van der Waals surface area (Å²) in [4.78, 5) is 3.32. The molecule has 0 amide bonds. The van der Waals surface area contributed by atoms with Crippen LogP contribution in [0.15, 0.2) is 66.9 Å². The van der Waals surface area contributed by atoms with Crippen LogP contribution in [0.2, 0.25) is 0 Å². The number of benzene rings is 4. The summed E-state index contributed by atoms with van der Waals surface area (Å²) in [5.74, 6) is 2.29. The molecule has 0 spiro atoms. The highest BCUT2D eigenvalue weighted by molar-refractivity contribution is 5.89. The molecule has 2 aliphatic heterocycles. The van der Waals surface area contributed by atoms with E-state index < -0.39 is 11.7 Å². The third-order valence-electron chi connectivity index (χ3n) is 11.8. The Balaban J connectivity index is 1.28. The second-order valence-corrected chi connectivity index (χ2v) is 14.8. The second-order valence-electron chi connectivity index (χ2n) is 14.8. The molecule has 4 aromatic carbocycles. The van der Waals surface area contributed by atoms with Crippen LogP contribution in [0.5, 0.6) is 28.7 Å². The number of hydrogen-bond acceptors (Lipinski definition) is 9. The Morgan fingerprint density at radius 2 is 1.77 bits per heavy atom. The van der Waals surface area contributed by atoms with Crippen molar-refractivity contribution < 1.29 is 34.3 Å². The van der Waals surface area contributed by atoms with Crippen molar-refractivity contribution in [2.75, 3.05) is 41.1 Å². The number of hydrogen-bond donors (Lipinski definition) is 6. The number of aromatic amines is 1. The maximum absolute atomic E-state index is 11.3. The number of likely N-dealkylation sites (N-methyl/N-ethyl adjacent to an activating group) is 1. The Morgan fingerprint density at radius 1 is 0.925 bits per heavy atom. The molecule has 0 radical (unpaired) electrons. The molecule has 10 nitrogen and oxygen atoms in total. The van der Waals surface area contributed by atoms with Gasteiger partial charge >= 0.3 is 0 Å². The number of ether oxygens (including phenoxy) is 4. The number of fused-ring (bicyclic) bond motifs is 8. The summed E-state index contributed by atoms with van der Waals surface area (Å²) in [6.07, 6.45) is 7.91. The standard InChI is InChI=1S/C43H45N3O7/c1-44-21-43(51-22-45-2)19-33-32-18-31-27(23-4-11-34-24(16-23)14-15-46-34)8-9-28-35(48)13-10-29(38(28)31)39(32)41-30(7-6-26(20-47)52-41)40(33)53-42(43)25-5-12-36(49)37(17-25)50-3/h4-5,8-17,26-27,31,42,44-49H,6-7,18-22H2,1-3H3/t26-,27+,31-,42+,43-/m0/s1. The van der Waals surface area contributed by atoms with Crippen molar-refractivity contribution in [1.82, 2.24) is 15.6 Å². The van der Waals surface area contributed by atoms with Gasteiger partial charge in [0.1, 0.15) is 29.0 Å². The molecule has 3 heterocycles. The third kappa shape index (κ3) is 5.30. The van der Waals surface area contributed by atoms with Crippen LogP contribution in [-0.2, 0) is 24.0 Å². The van der Waals surface area contributed by atoms with Crippen LogP contribution in [0.25, 0.3) is 28.1 Å². The molecule has 0 bridgehead atoms. The van der Waals surface area contributed by atoms with Crippen LogP contribution < -0.4 is 24.8 Å². The summed E-state index contributed by atoms with van der Waals surface area (Å²) in [6.45, 7) is 0.689. The fourth-order valence-corrected chi connectivity index (χ4v) is 9.41. The van der Waals surface area contributed by atoms with Crippen LogP contribution in [0.1, 0.15) is 63.3 Å². The summed E-state index contributed by atoms with van der Waals surface area (Å²) < 4.78 is 26.4. The Bertz CT molecular complexity index is 2260. The van der Waals surface area contributed by atoms with E-state index in [-0.39, 0.29) is 36.0 Å². The first-order valence-electron chi connectivity index (χ1n) is 18.4. The zero-order chi connectivity index (χ0) is 36.4. The lowest BCUT2D eigenvalue weighted by molar-refractivity contribution is -0.128. The minimum atomic E-state index is -0.858. The van der Waals surface area contributed by atoms with Crippen LogP contribution in [0, 0.1) is 0 Å². The zero-order valence-electron chi connectivity index (χ0n) is 30.2. The SMILES string of the molecule is CNCO[C@]1(CNC)Cc2c3c(c4c(c2O[C@@H]1c1ccc(O)c(OC)c1)CC[C@@H](CO)O4)-c1ccc(O)c2c1[C@@H](C3)[C@@H](c1ccc3[nH]ccc3c1)C=C2. The van der Waals surface area contributed by atoms with Gasteiger partial charge in [-0.05, 0) is 109 Å². The van der Waals surface area contributed by atoms with Gasteiger partial charge in [-0.25, -0.2) is 0 Å². The van der Waals surface area contributed by atoms with E-state index in [2.05, 4.69) is 52.0 Å². The Hall–Kier alpha value is -5.00. The van der Waals surface area contributed by atoms with Gasteiger partial charge in [0.05, 0.1) is 20.4 Å². The van der Waals surface area contributed by atoms with E-state index in [0.717, 1.165) is 66.9 Å². The fourth-order valence-electron chi connectivity index (χ4n) is 9.41. The van der Waals surface area contributed by atoms with Gasteiger partial charge in [0.2, 0.25) is 0 Å². The van der Waals surface area contributed by atoms with Crippen molar-refractivity contribution in [3.05, 3.63) is 106 Å². The molecule has 0 saturated heterocycles. The average molecular weight is 716 g/mol. The predicted octanol–water partition coefficient (Wildman–Crippen LogP) is 6.22. The molecule has 9 rings (SSSR count). The summed E-state index contributed by atoms with van der Waals surface area (Å²) in [5.41, 5.74) is 9.50. The van der Waals surface area contributed by atoms with Crippen molar-refractivity contribution >= 4 is 17.0 Å². The lowest BCUT2D eigenvalue weighted by atomic mass is 9.64. The molecule has 53 heavy (non-hydrogen) atoms. The molecule has 0 saturated carbocycles. The van der Waals surface area contributed by atoms with Crippen LogP contribution in [-0.4, -0.2) is 73.1 Å². The van der Waals surface area contributed by atoms with Gasteiger partial charge in [-0.1, -0.05) is 30.4 Å². The van der Waals surface area contributed by atoms with Gasteiger partial charge in [-0.15, -0.1) is 0 Å². The number of aliphatic hydroxyl groups excluding tert-OH is 1. The Morgan fingerprint density at radius 3 is 2.58 bits per heavy atom. The second kappa shape index (κ2) is 13.1. The fraction of sp³-hybridized carbons (Fsp3) is 0.349. The molecule has 4 aliphatic rings. The number of aliphatic hydroxyl groups is 1. The highest BCUT2D eigenvalue weighted by Gasteiger charge is 2.51. The van der Waals surface area contributed by atoms with Crippen molar-refractivity contribution in [3.63, 3.8) is 0 Å². The van der Waals surface area contributed by atoms with E-state index in [4.69, 9.17) is 18.9 Å². The maximum Gasteiger partial charge on any atom is 0.160 e. The lowest BCUT2D eigenvalue weighted by Gasteiger charge is -2.48. The molecule has 6 N–H and O–H groups in total. The highest BCUT2D eigenvalue weighted by Crippen LogP contribution is 2.60. The molecule has 5 atom stereocenters. The molecule has 0 fully saturated rings. The molecular weight excluding hydrogens is 670 g/mol. The van der Waals surface area contributed by atoms with Crippen molar-refractivity contribution in [2.24, 2.45) is 0 Å². The molecule has 2 aliphatic carbocycles. The number of H-pyrrole nitrogens is 1. The molecule has 5 aromatic rings. The minimum Gasteiger partial charge on any atom is -0.507 e. The zero-order valence-corrected chi connectivity index (χ0v) is 30.2. The summed E-state index contributed by atoms with van der Waals surface area (Å²) in [7, 11) is 5.32. The van der Waals surface area contributed by atoms with E-state index in [9.17, 15) is 15.3 Å². The number of methoxy groups -OCH3 is 1. The van der Waals surface area contributed by atoms with Crippen LogP contribution >= 0.6 is 0 Å². The van der Waals surface area contributed by atoms with Crippen LogP contribution in [0.3, 0.4) is 0 Å². The van der Waals surface area contributed by atoms with Crippen molar-refractivity contribution in [2.45, 2.75) is 55.3 Å². The highest BCUT2D eigenvalue weighted by atomic mass is 16.6. The molecular formula is C43H45N3O7. The molecule has 10 heteroatoms. The van der Waals surface area contributed by atoms with Gasteiger partial charge in [0.25, 0.3) is 0 Å². The molecule has 1 aromatic heterocycles. The van der Waals surface area contributed by atoms with E-state index in [1.54, 1.807) is 19.2 Å². The Labute approximate surface area is 308 Å². The summed E-state index contributed by atoms with van der Waals surface area (Å²) >= 11 is 0. The van der Waals surface area contributed by atoms with Gasteiger partial charge in [0, 0.05) is 52.9 Å². The monoisotopic (exact) mass is 715 g/mol. The molecule has 274 valence electrons. The number of allylic oxidation sites excluding steroid dienone is 1. The number of aromatic nitrogens is 1. The van der Waals surface area contributed by atoms with E-state index >= 15 is 0 Å². The lowest BCUT2D eigenvalue weighted by Crippen LogP contribution is -2.54. The number of nitrogens with one attached hydrogen (secondary N) is 3. The van der Waals surface area contributed by atoms with Crippen molar-refractivity contribution in [1.29, 1.82) is 0 Å². The smallest absolute Gasteiger partial charge is 0.160 e. The number of phenols is 2. The third-order valence-corrected chi connectivity index (χ3v) is 11.8. The number of aromatic hydroxyl groups is 2. The quantitative estimate of drug-likeness (QED) is 0.0984. The first-order valence-corrected chi connectivity index (χ1v) is 18.4. The number of phenolic OH excluding ortho intramolecular Hbond substituents is 2. The minimum absolute atomic E-state index is 0.0244. The van der Waals surface area contributed by atoms with E-state index in [1.807, 2.05) is 38.5 Å². The first kappa shape index (κ1) is 33.8. The average Bonchev–Trinajstić information content (AvgIpc) is 3.66. The van der Waals surface area contributed by atoms with Gasteiger partial charge in [0.15, 0.2) is 17.6 Å². The maximum atomic E-state index is 11.3. The normalized spacial score (nSPS) is 23.7. The Kier molecular flexibility index (Phi) is 8.38. The van der Waals surface area contributed by atoms with Crippen LogP contribution in [0.4, 0.5) is 0 Å². The van der Waals surface area contributed by atoms with Gasteiger partial charge in [-0.3, -0.25) is 5.32 Å².